The van der Waals surface area contributed by atoms with Gasteiger partial charge in [-0.1, -0.05) is 6.42 Å². The summed E-state index contributed by atoms with van der Waals surface area (Å²) in [7, 11) is 0. The van der Waals surface area contributed by atoms with Crippen molar-refractivity contribution in [3.05, 3.63) is 0 Å². The Morgan fingerprint density at radius 2 is 2.33 bits per heavy atom. The summed E-state index contributed by atoms with van der Waals surface area (Å²) in [4.78, 5) is 4.39. The van der Waals surface area contributed by atoms with Crippen LogP contribution in [0.2, 0.25) is 0 Å². The normalized spacial score (nSPS) is 35.9. The Hall–Kier alpha value is -0.570. The van der Waals surface area contributed by atoms with Gasteiger partial charge < -0.3 is 10.4 Å². The first-order valence-corrected chi connectivity index (χ1v) is 4.82. The number of aliphatic imine (C=N–C) groups is 1. The van der Waals surface area contributed by atoms with E-state index in [0.29, 0.717) is 5.92 Å². The number of nitrogens with zero attached hydrogens (tertiary/aromatic N) is 1. The van der Waals surface area contributed by atoms with Crippen LogP contribution in [0.5, 0.6) is 0 Å². The first-order valence-electron chi connectivity index (χ1n) is 4.82. The highest BCUT2D eigenvalue weighted by molar-refractivity contribution is 5.85. The first-order chi connectivity index (χ1) is 5.86. The topological polar surface area (TPSA) is 44.6 Å². The Morgan fingerprint density at radius 1 is 1.42 bits per heavy atom. The van der Waals surface area contributed by atoms with Crippen LogP contribution in [0.3, 0.4) is 0 Å². The van der Waals surface area contributed by atoms with Crippen LogP contribution in [0, 0.1) is 5.92 Å². The molecule has 0 aromatic rings. The van der Waals surface area contributed by atoms with Gasteiger partial charge in [-0.05, 0) is 19.3 Å². The minimum atomic E-state index is -0.0890. The molecular weight excluding hydrogens is 152 g/mol. The van der Waals surface area contributed by atoms with Gasteiger partial charge in [0.2, 0.25) is 0 Å². The number of hydrogen-bond donors (Lipinski definition) is 2. The van der Waals surface area contributed by atoms with Gasteiger partial charge in [0.1, 0.15) is 0 Å². The minimum absolute atomic E-state index is 0.0890. The van der Waals surface area contributed by atoms with E-state index in [-0.39, 0.29) is 6.10 Å². The fourth-order valence-corrected chi connectivity index (χ4v) is 2.10. The lowest BCUT2D eigenvalue weighted by molar-refractivity contribution is 0.117. The van der Waals surface area contributed by atoms with Crippen LogP contribution in [0.25, 0.3) is 0 Å². The minimum Gasteiger partial charge on any atom is -0.393 e. The summed E-state index contributed by atoms with van der Waals surface area (Å²) in [5.74, 6) is 1.66. The van der Waals surface area contributed by atoms with Gasteiger partial charge in [0, 0.05) is 12.5 Å². The summed E-state index contributed by atoms with van der Waals surface area (Å²) in [6, 6.07) is 0. The van der Waals surface area contributed by atoms with Crippen molar-refractivity contribution < 1.29 is 5.11 Å². The maximum Gasteiger partial charge on any atom is 0.0996 e. The van der Waals surface area contributed by atoms with Crippen molar-refractivity contribution in [1.29, 1.82) is 0 Å². The highest BCUT2D eigenvalue weighted by atomic mass is 16.3. The molecule has 1 heterocycles. The molecule has 2 rings (SSSR count). The molecule has 0 amide bonds. The lowest BCUT2D eigenvalue weighted by Crippen LogP contribution is -2.32. The quantitative estimate of drug-likeness (QED) is 0.600. The number of aliphatic hydroxyl groups is 1. The highest BCUT2D eigenvalue weighted by Crippen LogP contribution is 2.25. The SMILES string of the molecule is OC1CCCC(C2=NCCN2)C1. The van der Waals surface area contributed by atoms with E-state index < -0.39 is 0 Å². The lowest BCUT2D eigenvalue weighted by atomic mass is 9.86. The van der Waals surface area contributed by atoms with E-state index in [4.69, 9.17) is 0 Å². The van der Waals surface area contributed by atoms with Gasteiger partial charge in [0.25, 0.3) is 0 Å². The number of nitrogens with one attached hydrogen (secondary N) is 1. The Kier molecular flexibility index (Phi) is 2.30. The average Bonchev–Trinajstić information content (AvgIpc) is 2.56. The Morgan fingerprint density at radius 3 is 3.00 bits per heavy atom. The smallest absolute Gasteiger partial charge is 0.0996 e. The van der Waals surface area contributed by atoms with E-state index in [1.165, 1.54) is 6.42 Å². The maximum atomic E-state index is 9.46. The van der Waals surface area contributed by atoms with Crippen molar-refractivity contribution >= 4 is 5.84 Å². The molecule has 3 nitrogen and oxygen atoms in total. The van der Waals surface area contributed by atoms with Gasteiger partial charge in [-0.15, -0.1) is 0 Å². The molecular formula is C9H16N2O. The van der Waals surface area contributed by atoms with Crippen LogP contribution in [-0.4, -0.2) is 30.1 Å². The van der Waals surface area contributed by atoms with Crippen LogP contribution in [0.15, 0.2) is 4.99 Å². The molecule has 1 aliphatic carbocycles. The van der Waals surface area contributed by atoms with Gasteiger partial charge in [-0.2, -0.15) is 0 Å². The number of rotatable bonds is 1. The third-order valence-corrected chi connectivity index (χ3v) is 2.73. The summed E-state index contributed by atoms with van der Waals surface area (Å²) in [5.41, 5.74) is 0. The fraction of sp³-hybridized carbons (Fsp3) is 0.889. The van der Waals surface area contributed by atoms with Crippen LogP contribution in [0.1, 0.15) is 25.7 Å². The third-order valence-electron chi connectivity index (χ3n) is 2.73. The lowest BCUT2D eigenvalue weighted by Gasteiger charge is -2.25. The molecule has 0 saturated heterocycles. The summed E-state index contributed by atoms with van der Waals surface area (Å²) >= 11 is 0. The Bertz CT molecular complexity index is 191. The molecule has 12 heavy (non-hydrogen) atoms. The van der Waals surface area contributed by atoms with Crippen LogP contribution >= 0.6 is 0 Å². The predicted octanol–water partition coefficient (Wildman–Crippen LogP) is 0.539. The molecule has 3 heteroatoms. The number of amidine groups is 1. The van der Waals surface area contributed by atoms with Crippen LogP contribution < -0.4 is 5.32 Å². The maximum absolute atomic E-state index is 9.46. The fourth-order valence-electron chi connectivity index (χ4n) is 2.10. The number of aliphatic hydroxyl groups excluding tert-OH is 1. The molecule has 0 aromatic carbocycles. The zero-order valence-electron chi connectivity index (χ0n) is 7.29. The molecule has 2 aliphatic rings. The first kappa shape index (κ1) is 8.05. The largest absolute Gasteiger partial charge is 0.393 e. The van der Waals surface area contributed by atoms with Crippen molar-refractivity contribution in [2.75, 3.05) is 13.1 Å². The second kappa shape index (κ2) is 3.44. The summed E-state index contributed by atoms with van der Waals surface area (Å²) in [6.07, 6.45) is 4.14. The summed E-state index contributed by atoms with van der Waals surface area (Å²) in [5, 5.41) is 12.7. The van der Waals surface area contributed by atoms with E-state index in [1.807, 2.05) is 0 Å². The predicted molar refractivity (Wildman–Crippen MR) is 48.3 cm³/mol. The van der Waals surface area contributed by atoms with Crippen molar-refractivity contribution in [2.45, 2.75) is 31.8 Å². The number of hydrogen-bond acceptors (Lipinski definition) is 3. The second-order valence-corrected chi connectivity index (χ2v) is 3.71. The van der Waals surface area contributed by atoms with Crippen molar-refractivity contribution in [2.24, 2.45) is 10.9 Å². The molecule has 0 spiro atoms. The van der Waals surface area contributed by atoms with Crippen molar-refractivity contribution in [3.8, 4) is 0 Å². The molecule has 0 radical (unpaired) electrons. The molecule has 2 unspecified atom stereocenters. The zero-order valence-corrected chi connectivity index (χ0v) is 7.29. The van der Waals surface area contributed by atoms with E-state index in [0.717, 1.165) is 38.2 Å². The summed E-state index contributed by atoms with van der Waals surface area (Å²) in [6.45, 7) is 1.91. The molecule has 1 aliphatic heterocycles. The molecule has 1 fully saturated rings. The van der Waals surface area contributed by atoms with Crippen molar-refractivity contribution in [1.82, 2.24) is 5.32 Å². The van der Waals surface area contributed by atoms with Gasteiger partial charge >= 0.3 is 0 Å². The molecule has 0 aromatic heterocycles. The Balaban J connectivity index is 1.94. The van der Waals surface area contributed by atoms with Gasteiger partial charge in [-0.3, -0.25) is 4.99 Å². The second-order valence-electron chi connectivity index (χ2n) is 3.71. The average molecular weight is 168 g/mol. The van der Waals surface area contributed by atoms with E-state index >= 15 is 0 Å². The monoisotopic (exact) mass is 168 g/mol. The standard InChI is InChI=1S/C9H16N2O/c12-8-3-1-2-7(6-8)9-10-4-5-11-9/h7-8,12H,1-6H2,(H,10,11). The molecule has 1 saturated carbocycles. The summed E-state index contributed by atoms with van der Waals surface area (Å²) < 4.78 is 0. The molecule has 2 N–H and O–H groups in total. The van der Waals surface area contributed by atoms with Crippen LogP contribution in [-0.2, 0) is 0 Å². The van der Waals surface area contributed by atoms with Gasteiger partial charge in [0.05, 0.1) is 18.5 Å². The molecule has 2 atom stereocenters. The van der Waals surface area contributed by atoms with E-state index in [2.05, 4.69) is 10.3 Å². The third kappa shape index (κ3) is 1.61. The molecule has 0 bridgehead atoms. The molecule has 68 valence electrons. The highest BCUT2D eigenvalue weighted by Gasteiger charge is 2.25. The van der Waals surface area contributed by atoms with E-state index in [9.17, 15) is 5.11 Å². The Labute approximate surface area is 72.9 Å². The van der Waals surface area contributed by atoms with Crippen LogP contribution in [0.4, 0.5) is 0 Å². The van der Waals surface area contributed by atoms with Gasteiger partial charge in [0.15, 0.2) is 0 Å². The zero-order chi connectivity index (χ0) is 8.39. The van der Waals surface area contributed by atoms with Crippen molar-refractivity contribution in [3.63, 3.8) is 0 Å². The van der Waals surface area contributed by atoms with Gasteiger partial charge in [-0.25, -0.2) is 0 Å². The van der Waals surface area contributed by atoms with E-state index in [1.54, 1.807) is 0 Å².